The monoisotopic (exact) mass is 283 g/mol. The molecule has 116 valence electrons. The molecule has 0 amide bonds. The van der Waals surface area contributed by atoms with Crippen molar-refractivity contribution in [1.82, 2.24) is 5.32 Å². The number of hydrogen-bond donors (Lipinski definition) is 1. The van der Waals surface area contributed by atoms with Crippen LogP contribution in [0.1, 0.15) is 58.3 Å². The van der Waals surface area contributed by atoms with Gasteiger partial charge in [-0.1, -0.05) is 13.3 Å². The molecule has 0 spiro atoms. The van der Waals surface area contributed by atoms with E-state index in [0.29, 0.717) is 0 Å². The van der Waals surface area contributed by atoms with Gasteiger partial charge in [-0.15, -0.1) is 0 Å². The smallest absolute Gasteiger partial charge is 0.312 e. The molecule has 1 aliphatic carbocycles. The predicted octanol–water partition coefficient (Wildman–Crippen LogP) is 2.66. The largest absolute Gasteiger partial charge is 0.462 e. The van der Waals surface area contributed by atoms with E-state index in [9.17, 15) is 4.79 Å². The summed E-state index contributed by atoms with van der Waals surface area (Å²) in [5.74, 6) is 0.0441. The quantitative estimate of drug-likeness (QED) is 0.788. The van der Waals surface area contributed by atoms with Crippen molar-refractivity contribution in [2.75, 3.05) is 20.2 Å². The molecule has 1 aliphatic heterocycles. The Balaban J connectivity index is 1.94. The number of rotatable bonds is 5. The van der Waals surface area contributed by atoms with Crippen LogP contribution < -0.4 is 5.32 Å². The Hall–Kier alpha value is -0.610. The lowest BCUT2D eigenvalue weighted by atomic mass is 9.75. The van der Waals surface area contributed by atoms with Gasteiger partial charge in [-0.3, -0.25) is 4.79 Å². The Bertz CT molecular complexity index is 307. The summed E-state index contributed by atoms with van der Waals surface area (Å²) >= 11 is 0. The predicted molar refractivity (Wildman–Crippen MR) is 78.6 cm³/mol. The Morgan fingerprint density at radius 3 is 2.60 bits per heavy atom. The molecular formula is C16H29NO3. The van der Waals surface area contributed by atoms with Crippen molar-refractivity contribution >= 4 is 5.97 Å². The fourth-order valence-corrected chi connectivity index (χ4v) is 3.64. The third-order valence-corrected chi connectivity index (χ3v) is 4.91. The summed E-state index contributed by atoms with van der Waals surface area (Å²) in [6.07, 6.45) is 8.19. The molecule has 2 fully saturated rings. The first-order valence-corrected chi connectivity index (χ1v) is 8.15. The molecule has 0 aromatic rings. The minimum atomic E-state index is -0.236. The van der Waals surface area contributed by atoms with E-state index in [2.05, 4.69) is 12.2 Å². The van der Waals surface area contributed by atoms with Crippen LogP contribution in [-0.2, 0) is 14.3 Å². The number of carbonyl (C=O) groups is 1. The highest BCUT2D eigenvalue weighted by Crippen LogP contribution is 2.37. The zero-order valence-corrected chi connectivity index (χ0v) is 13.0. The van der Waals surface area contributed by atoms with Crippen molar-refractivity contribution in [3.05, 3.63) is 0 Å². The van der Waals surface area contributed by atoms with Gasteiger partial charge in [-0.25, -0.2) is 0 Å². The van der Waals surface area contributed by atoms with Crippen molar-refractivity contribution in [3.63, 3.8) is 0 Å². The van der Waals surface area contributed by atoms with Crippen molar-refractivity contribution < 1.29 is 14.3 Å². The zero-order chi connectivity index (χ0) is 14.4. The second-order valence-electron chi connectivity index (χ2n) is 6.33. The average molecular weight is 283 g/mol. The van der Waals surface area contributed by atoms with E-state index in [4.69, 9.17) is 9.47 Å². The molecule has 0 radical (unpaired) electrons. The Kier molecular flexibility index (Phi) is 5.85. The lowest BCUT2D eigenvalue weighted by molar-refractivity contribution is -0.167. The molecule has 0 aromatic heterocycles. The van der Waals surface area contributed by atoms with Crippen LogP contribution in [0.25, 0.3) is 0 Å². The molecular weight excluding hydrogens is 254 g/mol. The Morgan fingerprint density at radius 1 is 1.25 bits per heavy atom. The topological polar surface area (TPSA) is 47.6 Å². The zero-order valence-electron chi connectivity index (χ0n) is 13.0. The number of nitrogens with one attached hydrogen (secondary N) is 1. The van der Waals surface area contributed by atoms with E-state index in [-0.39, 0.29) is 23.6 Å². The Morgan fingerprint density at radius 2 is 1.95 bits per heavy atom. The Labute approximate surface area is 122 Å². The second kappa shape index (κ2) is 7.41. The lowest BCUT2D eigenvalue weighted by Crippen LogP contribution is -2.44. The molecule has 2 rings (SSSR count). The first-order valence-electron chi connectivity index (χ1n) is 8.15. The van der Waals surface area contributed by atoms with Gasteiger partial charge in [-0.2, -0.15) is 0 Å². The summed E-state index contributed by atoms with van der Waals surface area (Å²) in [5, 5.41) is 3.34. The summed E-state index contributed by atoms with van der Waals surface area (Å²) < 4.78 is 11.3. The van der Waals surface area contributed by atoms with Crippen molar-refractivity contribution in [3.8, 4) is 0 Å². The van der Waals surface area contributed by atoms with Gasteiger partial charge < -0.3 is 14.8 Å². The van der Waals surface area contributed by atoms with Crippen LogP contribution in [0.3, 0.4) is 0 Å². The van der Waals surface area contributed by atoms with Gasteiger partial charge in [0.15, 0.2) is 0 Å². The number of ether oxygens (including phenoxy) is 2. The number of methoxy groups -OCH3 is 1. The van der Waals surface area contributed by atoms with Gasteiger partial charge in [-0.05, 0) is 51.6 Å². The maximum atomic E-state index is 12.7. The molecule has 0 bridgehead atoms. The molecule has 20 heavy (non-hydrogen) atoms. The molecule has 4 nitrogen and oxygen atoms in total. The third kappa shape index (κ3) is 3.73. The van der Waals surface area contributed by atoms with E-state index < -0.39 is 0 Å². The van der Waals surface area contributed by atoms with Gasteiger partial charge in [0.2, 0.25) is 0 Å². The van der Waals surface area contributed by atoms with Gasteiger partial charge in [0.05, 0.1) is 11.5 Å². The van der Waals surface area contributed by atoms with E-state index >= 15 is 0 Å². The number of carbonyl (C=O) groups excluding carboxylic acids is 1. The molecule has 1 saturated carbocycles. The summed E-state index contributed by atoms with van der Waals surface area (Å²) in [6, 6.07) is 0. The van der Waals surface area contributed by atoms with Crippen molar-refractivity contribution in [2.24, 2.45) is 5.41 Å². The van der Waals surface area contributed by atoms with Crippen molar-refractivity contribution in [1.29, 1.82) is 0 Å². The van der Waals surface area contributed by atoms with Gasteiger partial charge in [0.25, 0.3) is 0 Å². The molecule has 1 saturated heterocycles. The van der Waals surface area contributed by atoms with Crippen LogP contribution in [0.5, 0.6) is 0 Å². The summed E-state index contributed by atoms with van der Waals surface area (Å²) in [6.45, 7) is 4.01. The van der Waals surface area contributed by atoms with Gasteiger partial charge in [0.1, 0.15) is 6.10 Å². The summed E-state index contributed by atoms with van der Waals surface area (Å²) in [7, 11) is 1.75. The standard InChI is InChI=1S/C16H29NO3/c1-3-7-16(8-10-17-11-9-16)15(18)20-14-6-4-5-13(12-14)19-2/h13-14,17H,3-12H2,1-2H3. The first-order chi connectivity index (χ1) is 9.70. The molecule has 1 heterocycles. The van der Waals surface area contributed by atoms with Crippen LogP contribution in [0, 0.1) is 5.41 Å². The molecule has 2 aliphatic rings. The summed E-state index contributed by atoms with van der Waals surface area (Å²) in [4.78, 5) is 12.7. The van der Waals surface area contributed by atoms with Crippen LogP contribution in [-0.4, -0.2) is 38.4 Å². The molecule has 0 aromatic carbocycles. The maximum absolute atomic E-state index is 12.7. The van der Waals surface area contributed by atoms with Crippen LogP contribution >= 0.6 is 0 Å². The highest BCUT2D eigenvalue weighted by Gasteiger charge is 2.41. The number of hydrogen-bond acceptors (Lipinski definition) is 4. The van der Waals surface area contributed by atoms with E-state index in [1.807, 2.05) is 0 Å². The maximum Gasteiger partial charge on any atom is 0.312 e. The second-order valence-corrected chi connectivity index (χ2v) is 6.33. The number of piperidine rings is 1. The molecule has 2 unspecified atom stereocenters. The molecule has 2 atom stereocenters. The van der Waals surface area contributed by atoms with Crippen LogP contribution in [0.4, 0.5) is 0 Å². The van der Waals surface area contributed by atoms with Gasteiger partial charge in [0, 0.05) is 13.5 Å². The SMILES string of the molecule is CCCC1(C(=O)OC2CCCC(OC)C2)CCNCC1. The molecule has 4 heteroatoms. The summed E-state index contributed by atoms with van der Waals surface area (Å²) in [5.41, 5.74) is -0.236. The van der Waals surface area contributed by atoms with Gasteiger partial charge >= 0.3 is 5.97 Å². The third-order valence-electron chi connectivity index (χ3n) is 4.91. The minimum Gasteiger partial charge on any atom is -0.462 e. The van der Waals surface area contributed by atoms with Crippen molar-refractivity contribution in [2.45, 2.75) is 70.5 Å². The van der Waals surface area contributed by atoms with E-state index in [0.717, 1.165) is 64.5 Å². The van der Waals surface area contributed by atoms with E-state index in [1.54, 1.807) is 7.11 Å². The normalized spacial score (nSPS) is 29.9. The first kappa shape index (κ1) is 15.8. The minimum absolute atomic E-state index is 0.0441. The fraction of sp³-hybridized carbons (Fsp3) is 0.938. The number of esters is 1. The highest BCUT2D eigenvalue weighted by atomic mass is 16.5. The highest BCUT2D eigenvalue weighted by molar-refractivity contribution is 5.77. The average Bonchev–Trinajstić information content (AvgIpc) is 2.48. The molecule has 1 N–H and O–H groups in total. The van der Waals surface area contributed by atoms with Crippen LogP contribution in [0.2, 0.25) is 0 Å². The fourth-order valence-electron chi connectivity index (χ4n) is 3.64. The van der Waals surface area contributed by atoms with Crippen LogP contribution in [0.15, 0.2) is 0 Å². The lowest BCUT2D eigenvalue weighted by Gasteiger charge is -2.37. The van der Waals surface area contributed by atoms with E-state index in [1.165, 1.54) is 0 Å².